The predicted molar refractivity (Wildman–Crippen MR) is 67.2 cm³/mol. The van der Waals surface area contributed by atoms with Crippen molar-refractivity contribution in [2.45, 2.75) is 39.5 Å². The molecule has 0 rings (SSSR count). The van der Waals surface area contributed by atoms with Crippen molar-refractivity contribution in [1.29, 1.82) is 0 Å². The van der Waals surface area contributed by atoms with Gasteiger partial charge in [0, 0.05) is 20.2 Å². The average Bonchev–Trinajstić information content (AvgIpc) is 2.25. The molecule has 1 atom stereocenters. The third-order valence-corrected chi connectivity index (χ3v) is 2.86. The predicted octanol–water partition coefficient (Wildman–Crippen LogP) is 3.00. The zero-order chi connectivity index (χ0) is 11.6. The van der Waals surface area contributed by atoms with Gasteiger partial charge >= 0.3 is 0 Å². The highest BCUT2D eigenvalue weighted by Gasteiger charge is 2.18. The van der Waals surface area contributed by atoms with Gasteiger partial charge in [0.25, 0.3) is 0 Å². The summed E-state index contributed by atoms with van der Waals surface area (Å²) in [6, 6.07) is 0. The minimum atomic E-state index is 0.239. The maximum Gasteiger partial charge on any atom is 0.0587 e. The summed E-state index contributed by atoms with van der Waals surface area (Å²) in [4.78, 5) is 0. The molecule has 0 aliphatic rings. The summed E-state index contributed by atoms with van der Waals surface area (Å²) >= 11 is 0. The Morgan fingerprint density at radius 3 is 2.67 bits per heavy atom. The first-order valence-corrected chi connectivity index (χ1v) is 6.02. The van der Waals surface area contributed by atoms with Crippen LogP contribution in [0.15, 0.2) is 12.7 Å². The Bertz CT molecular complexity index is 159. The van der Waals surface area contributed by atoms with Gasteiger partial charge in [-0.05, 0) is 11.8 Å². The summed E-state index contributed by atoms with van der Waals surface area (Å²) in [5.74, 6) is 0. The highest BCUT2D eigenvalue weighted by atomic mass is 16.5. The van der Waals surface area contributed by atoms with Crippen molar-refractivity contribution in [3.8, 4) is 0 Å². The number of rotatable bonds is 10. The van der Waals surface area contributed by atoms with Crippen LogP contribution < -0.4 is 5.32 Å². The van der Waals surface area contributed by atoms with Crippen LogP contribution in [0.4, 0.5) is 0 Å². The number of unbranched alkanes of at least 4 members (excludes halogenated alkanes) is 2. The lowest BCUT2D eigenvalue weighted by Crippen LogP contribution is -2.32. The SMILES string of the molecule is C=CC(C)(CCCCC)CNCCOC. The molecule has 0 radical (unpaired) electrons. The zero-order valence-electron chi connectivity index (χ0n) is 10.6. The van der Waals surface area contributed by atoms with Gasteiger partial charge in [0.05, 0.1) is 6.61 Å². The lowest BCUT2D eigenvalue weighted by Gasteiger charge is -2.26. The standard InChI is InChI=1S/C13H27NO/c1-5-7-8-9-13(3,6-2)12-14-10-11-15-4/h6,14H,2,5,7-12H2,1,3-4H3. The van der Waals surface area contributed by atoms with Crippen molar-refractivity contribution >= 4 is 0 Å². The molecule has 0 saturated heterocycles. The molecular weight excluding hydrogens is 186 g/mol. The van der Waals surface area contributed by atoms with E-state index >= 15 is 0 Å². The number of ether oxygens (including phenoxy) is 1. The fourth-order valence-corrected chi connectivity index (χ4v) is 1.59. The van der Waals surface area contributed by atoms with E-state index < -0.39 is 0 Å². The average molecular weight is 213 g/mol. The van der Waals surface area contributed by atoms with Crippen LogP contribution in [0.5, 0.6) is 0 Å². The van der Waals surface area contributed by atoms with Crippen molar-refractivity contribution in [3.05, 3.63) is 12.7 Å². The Kier molecular flexibility index (Phi) is 8.73. The van der Waals surface area contributed by atoms with Crippen LogP contribution in [0, 0.1) is 5.41 Å². The molecule has 0 bridgehead atoms. The van der Waals surface area contributed by atoms with Crippen LogP contribution in [-0.4, -0.2) is 26.8 Å². The van der Waals surface area contributed by atoms with E-state index in [0.29, 0.717) is 0 Å². The fraction of sp³-hybridized carbons (Fsp3) is 0.846. The van der Waals surface area contributed by atoms with Crippen molar-refractivity contribution in [1.82, 2.24) is 5.32 Å². The van der Waals surface area contributed by atoms with E-state index in [2.05, 4.69) is 31.8 Å². The maximum absolute atomic E-state index is 5.00. The fourth-order valence-electron chi connectivity index (χ4n) is 1.59. The molecule has 0 saturated carbocycles. The van der Waals surface area contributed by atoms with Crippen LogP contribution in [-0.2, 0) is 4.74 Å². The summed E-state index contributed by atoms with van der Waals surface area (Å²) in [6.07, 6.45) is 7.21. The molecule has 2 nitrogen and oxygen atoms in total. The Labute approximate surface area is 95.1 Å². The molecule has 1 unspecified atom stereocenters. The summed E-state index contributed by atoms with van der Waals surface area (Å²) in [5.41, 5.74) is 0.239. The molecule has 0 fully saturated rings. The Hall–Kier alpha value is -0.340. The molecule has 2 heteroatoms. The Morgan fingerprint density at radius 2 is 2.13 bits per heavy atom. The summed E-state index contributed by atoms with van der Waals surface area (Å²) < 4.78 is 5.00. The van der Waals surface area contributed by atoms with Gasteiger partial charge in [-0.15, -0.1) is 6.58 Å². The van der Waals surface area contributed by atoms with Crippen molar-refractivity contribution in [2.24, 2.45) is 5.41 Å². The Morgan fingerprint density at radius 1 is 1.40 bits per heavy atom. The Balaban J connectivity index is 3.70. The van der Waals surface area contributed by atoms with Crippen LogP contribution in [0.2, 0.25) is 0 Å². The van der Waals surface area contributed by atoms with Crippen LogP contribution >= 0.6 is 0 Å². The van der Waals surface area contributed by atoms with Crippen LogP contribution in [0.3, 0.4) is 0 Å². The molecule has 0 aromatic carbocycles. The van der Waals surface area contributed by atoms with Gasteiger partial charge in [0.1, 0.15) is 0 Å². The molecule has 0 aromatic rings. The van der Waals surface area contributed by atoms with E-state index in [1.54, 1.807) is 7.11 Å². The van der Waals surface area contributed by atoms with Crippen molar-refractivity contribution < 1.29 is 4.74 Å². The molecule has 15 heavy (non-hydrogen) atoms. The van der Waals surface area contributed by atoms with E-state index in [-0.39, 0.29) is 5.41 Å². The van der Waals surface area contributed by atoms with Gasteiger partial charge in [-0.25, -0.2) is 0 Å². The molecule has 1 N–H and O–H groups in total. The second kappa shape index (κ2) is 8.93. The summed E-state index contributed by atoms with van der Waals surface area (Å²) in [6.45, 7) is 11.2. The molecule has 0 aliphatic carbocycles. The quantitative estimate of drug-likeness (QED) is 0.445. The zero-order valence-corrected chi connectivity index (χ0v) is 10.6. The highest BCUT2D eigenvalue weighted by molar-refractivity contribution is 4.92. The van der Waals surface area contributed by atoms with Gasteiger partial charge in [-0.3, -0.25) is 0 Å². The normalized spacial score (nSPS) is 14.9. The molecule has 0 heterocycles. The van der Waals surface area contributed by atoms with E-state index in [4.69, 9.17) is 4.74 Å². The largest absolute Gasteiger partial charge is 0.383 e. The van der Waals surface area contributed by atoms with E-state index in [1.165, 1.54) is 25.7 Å². The molecule has 0 aromatic heterocycles. The highest BCUT2D eigenvalue weighted by Crippen LogP contribution is 2.24. The number of hydrogen-bond acceptors (Lipinski definition) is 2. The molecule has 0 spiro atoms. The molecular formula is C13H27NO. The third-order valence-electron chi connectivity index (χ3n) is 2.86. The monoisotopic (exact) mass is 213 g/mol. The lowest BCUT2D eigenvalue weighted by molar-refractivity contribution is 0.195. The van der Waals surface area contributed by atoms with E-state index in [9.17, 15) is 0 Å². The topological polar surface area (TPSA) is 21.3 Å². The first kappa shape index (κ1) is 14.7. The minimum absolute atomic E-state index is 0.239. The number of methoxy groups -OCH3 is 1. The smallest absolute Gasteiger partial charge is 0.0587 e. The van der Waals surface area contributed by atoms with E-state index in [0.717, 1.165) is 19.7 Å². The minimum Gasteiger partial charge on any atom is -0.383 e. The third kappa shape index (κ3) is 7.57. The maximum atomic E-state index is 5.00. The van der Waals surface area contributed by atoms with Gasteiger partial charge in [-0.2, -0.15) is 0 Å². The van der Waals surface area contributed by atoms with Gasteiger partial charge in [0.2, 0.25) is 0 Å². The molecule has 90 valence electrons. The number of hydrogen-bond donors (Lipinski definition) is 1. The van der Waals surface area contributed by atoms with E-state index in [1.807, 2.05) is 0 Å². The lowest BCUT2D eigenvalue weighted by atomic mass is 9.84. The number of nitrogens with one attached hydrogen (secondary N) is 1. The van der Waals surface area contributed by atoms with Crippen LogP contribution in [0.25, 0.3) is 0 Å². The van der Waals surface area contributed by atoms with Gasteiger partial charge < -0.3 is 10.1 Å². The van der Waals surface area contributed by atoms with Crippen molar-refractivity contribution in [3.63, 3.8) is 0 Å². The molecule has 0 amide bonds. The summed E-state index contributed by atoms with van der Waals surface area (Å²) in [7, 11) is 1.73. The summed E-state index contributed by atoms with van der Waals surface area (Å²) in [5, 5.41) is 3.41. The van der Waals surface area contributed by atoms with Crippen LogP contribution in [0.1, 0.15) is 39.5 Å². The van der Waals surface area contributed by atoms with Gasteiger partial charge in [0.15, 0.2) is 0 Å². The first-order chi connectivity index (χ1) is 7.18. The molecule has 0 aliphatic heterocycles. The van der Waals surface area contributed by atoms with Gasteiger partial charge in [-0.1, -0.05) is 39.2 Å². The second-order valence-corrected chi connectivity index (χ2v) is 4.48. The second-order valence-electron chi connectivity index (χ2n) is 4.48. The van der Waals surface area contributed by atoms with Crippen molar-refractivity contribution in [2.75, 3.05) is 26.8 Å². The first-order valence-electron chi connectivity index (χ1n) is 6.02.